The summed E-state index contributed by atoms with van der Waals surface area (Å²) in [6.07, 6.45) is 3.70. The summed E-state index contributed by atoms with van der Waals surface area (Å²) >= 11 is 1.28. The third kappa shape index (κ3) is 2.42. The van der Waals surface area contributed by atoms with Crippen molar-refractivity contribution in [2.45, 2.75) is 29.8 Å². The monoisotopic (exact) mass is 272 g/mol. The Labute approximate surface area is 110 Å². The van der Waals surface area contributed by atoms with Crippen molar-refractivity contribution in [3.05, 3.63) is 17.4 Å². The van der Waals surface area contributed by atoms with Crippen LogP contribution in [0.15, 0.2) is 11.0 Å². The lowest BCUT2D eigenvalue weighted by atomic mass is 10.0. The van der Waals surface area contributed by atoms with Gasteiger partial charge in [-0.1, -0.05) is 0 Å². The second kappa shape index (κ2) is 4.97. The number of thioether (sulfide) groups is 1. The molecule has 0 amide bonds. The predicted molar refractivity (Wildman–Crippen MR) is 69.2 cm³/mol. The number of hydrogen-bond acceptors (Lipinski definition) is 4. The summed E-state index contributed by atoms with van der Waals surface area (Å²) in [5.74, 6) is 0.590. The van der Waals surface area contributed by atoms with Crippen molar-refractivity contribution in [1.29, 1.82) is 0 Å². The minimum Gasteiger partial charge on any atom is -0.493 e. The predicted octanol–water partition coefficient (Wildman–Crippen LogP) is 2.63. The van der Waals surface area contributed by atoms with Crippen LogP contribution in [0.2, 0.25) is 0 Å². The van der Waals surface area contributed by atoms with Gasteiger partial charge >= 0.3 is 0 Å². The lowest BCUT2D eigenvalue weighted by Crippen LogP contribution is -2.12. The Hall–Kier alpha value is -0.940. The standard InChI is InChI=1S/C13H17FO3S/c1-16-10-8(7-13(15)4-5-13)6-9(14)12(18-3)11(10)17-2/h6,15H,4-5,7H2,1-3H3. The molecule has 0 saturated heterocycles. The van der Waals surface area contributed by atoms with E-state index in [0.717, 1.165) is 12.8 Å². The van der Waals surface area contributed by atoms with Crippen LogP contribution in [-0.2, 0) is 6.42 Å². The Morgan fingerprint density at radius 2 is 1.94 bits per heavy atom. The quantitative estimate of drug-likeness (QED) is 0.836. The molecule has 1 aromatic carbocycles. The van der Waals surface area contributed by atoms with E-state index in [4.69, 9.17) is 9.47 Å². The Balaban J connectivity index is 2.48. The summed E-state index contributed by atoms with van der Waals surface area (Å²) in [7, 11) is 3.02. The first kappa shape index (κ1) is 13.5. The number of hydrogen-bond donors (Lipinski definition) is 1. The molecule has 0 bridgehead atoms. The minimum absolute atomic E-state index is 0.334. The maximum absolute atomic E-state index is 14.0. The largest absolute Gasteiger partial charge is 0.493 e. The van der Waals surface area contributed by atoms with Gasteiger partial charge in [-0.25, -0.2) is 4.39 Å². The lowest BCUT2D eigenvalue weighted by molar-refractivity contribution is 0.149. The molecule has 3 nitrogen and oxygen atoms in total. The molecular weight excluding hydrogens is 255 g/mol. The van der Waals surface area contributed by atoms with E-state index in [1.807, 2.05) is 0 Å². The van der Waals surface area contributed by atoms with Crippen LogP contribution in [0.4, 0.5) is 4.39 Å². The number of benzene rings is 1. The zero-order chi connectivity index (χ0) is 13.3. The van der Waals surface area contributed by atoms with Crippen LogP contribution in [0.25, 0.3) is 0 Å². The van der Waals surface area contributed by atoms with E-state index in [9.17, 15) is 9.50 Å². The first-order valence-corrected chi connectivity index (χ1v) is 6.97. The van der Waals surface area contributed by atoms with Gasteiger partial charge in [-0.15, -0.1) is 11.8 Å². The third-order valence-corrected chi connectivity index (χ3v) is 3.97. The van der Waals surface area contributed by atoms with Crippen LogP contribution in [0.1, 0.15) is 18.4 Å². The highest BCUT2D eigenvalue weighted by Gasteiger charge is 2.41. The van der Waals surface area contributed by atoms with Gasteiger partial charge in [0.05, 0.1) is 24.7 Å². The first-order chi connectivity index (χ1) is 8.54. The summed E-state index contributed by atoms with van der Waals surface area (Å²) in [5, 5.41) is 9.96. The highest BCUT2D eigenvalue weighted by Crippen LogP contribution is 2.46. The zero-order valence-electron chi connectivity index (χ0n) is 10.7. The summed E-state index contributed by atoms with van der Waals surface area (Å²) in [6.45, 7) is 0. The Morgan fingerprint density at radius 3 is 2.39 bits per heavy atom. The molecule has 5 heteroatoms. The van der Waals surface area contributed by atoms with E-state index in [2.05, 4.69) is 0 Å². The lowest BCUT2D eigenvalue weighted by Gasteiger charge is -2.18. The molecule has 1 aliphatic carbocycles. The SMILES string of the molecule is COc1c(CC2(O)CC2)cc(F)c(SC)c1OC. The molecular formula is C13H17FO3S. The normalized spacial score (nSPS) is 16.5. The molecule has 0 spiro atoms. The van der Waals surface area contributed by atoms with Crippen molar-refractivity contribution in [3.63, 3.8) is 0 Å². The van der Waals surface area contributed by atoms with Gasteiger partial charge in [0, 0.05) is 12.0 Å². The van der Waals surface area contributed by atoms with Gasteiger partial charge in [0.2, 0.25) is 0 Å². The average molecular weight is 272 g/mol. The van der Waals surface area contributed by atoms with Crippen molar-refractivity contribution in [1.82, 2.24) is 0 Å². The van der Waals surface area contributed by atoms with Crippen molar-refractivity contribution in [3.8, 4) is 11.5 Å². The van der Waals surface area contributed by atoms with E-state index in [1.165, 1.54) is 32.0 Å². The fourth-order valence-electron chi connectivity index (χ4n) is 2.05. The van der Waals surface area contributed by atoms with Crippen LogP contribution >= 0.6 is 11.8 Å². The maximum Gasteiger partial charge on any atom is 0.177 e. The average Bonchev–Trinajstić information content (AvgIpc) is 3.06. The number of ether oxygens (including phenoxy) is 2. The highest BCUT2D eigenvalue weighted by molar-refractivity contribution is 7.98. The second-order valence-corrected chi connectivity index (χ2v) is 5.33. The Kier molecular flexibility index (Phi) is 3.73. The van der Waals surface area contributed by atoms with Crippen LogP contribution in [0, 0.1) is 5.82 Å². The molecule has 0 aromatic heterocycles. The maximum atomic E-state index is 14.0. The highest BCUT2D eigenvalue weighted by atomic mass is 32.2. The fourth-order valence-corrected chi connectivity index (χ4v) is 2.66. The summed E-state index contributed by atoms with van der Waals surface area (Å²) < 4.78 is 24.5. The summed E-state index contributed by atoms with van der Waals surface area (Å²) in [4.78, 5) is 0.431. The molecule has 0 atom stereocenters. The van der Waals surface area contributed by atoms with Crippen molar-refractivity contribution in [2.75, 3.05) is 20.5 Å². The number of halogens is 1. The van der Waals surface area contributed by atoms with Crippen molar-refractivity contribution >= 4 is 11.8 Å². The summed E-state index contributed by atoms with van der Waals surface area (Å²) in [5.41, 5.74) is -0.0318. The molecule has 0 unspecified atom stereocenters. The minimum atomic E-state index is -0.689. The molecule has 2 rings (SSSR count). The molecule has 1 fully saturated rings. The summed E-state index contributed by atoms with van der Waals surface area (Å²) in [6, 6.07) is 1.43. The van der Waals surface area contributed by atoms with Gasteiger partial charge in [-0.3, -0.25) is 0 Å². The van der Waals surface area contributed by atoms with Gasteiger partial charge in [0.15, 0.2) is 11.5 Å². The molecule has 0 radical (unpaired) electrons. The number of rotatable bonds is 5. The molecule has 1 aromatic rings. The van der Waals surface area contributed by atoms with Gasteiger partial charge < -0.3 is 14.6 Å². The fraction of sp³-hybridized carbons (Fsp3) is 0.538. The Morgan fingerprint density at radius 1 is 1.33 bits per heavy atom. The molecule has 1 N–H and O–H groups in total. The zero-order valence-corrected chi connectivity index (χ0v) is 11.6. The van der Waals surface area contributed by atoms with Crippen LogP contribution < -0.4 is 9.47 Å². The number of methoxy groups -OCH3 is 2. The van der Waals surface area contributed by atoms with Crippen LogP contribution in [-0.4, -0.2) is 31.2 Å². The van der Waals surface area contributed by atoms with Gasteiger partial charge in [-0.2, -0.15) is 0 Å². The second-order valence-electron chi connectivity index (χ2n) is 4.52. The van der Waals surface area contributed by atoms with Gasteiger partial charge in [0.1, 0.15) is 5.82 Å². The van der Waals surface area contributed by atoms with Crippen molar-refractivity contribution < 1.29 is 19.0 Å². The van der Waals surface area contributed by atoms with Crippen molar-refractivity contribution in [2.24, 2.45) is 0 Å². The molecule has 0 aliphatic heterocycles. The van der Waals surface area contributed by atoms with E-state index in [-0.39, 0.29) is 5.82 Å². The molecule has 1 saturated carbocycles. The smallest absolute Gasteiger partial charge is 0.177 e. The van der Waals surface area contributed by atoms with Crippen LogP contribution in [0.5, 0.6) is 11.5 Å². The number of aliphatic hydroxyl groups is 1. The van der Waals surface area contributed by atoms with E-state index in [1.54, 1.807) is 6.26 Å². The van der Waals surface area contributed by atoms with Gasteiger partial charge in [0.25, 0.3) is 0 Å². The molecule has 100 valence electrons. The molecule has 1 aliphatic rings. The Bertz CT molecular complexity index is 458. The topological polar surface area (TPSA) is 38.7 Å². The van der Waals surface area contributed by atoms with E-state index >= 15 is 0 Å². The van der Waals surface area contributed by atoms with E-state index < -0.39 is 5.60 Å². The van der Waals surface area contributed by atoms with Gasteiger partial charge in [-0.05, 0) is 25.2 Å². The molecule has 0 heterocycles. The van der Waals surface area contributed by atoms with E-state index in [0.29, 0.717) is 28.4 Å². The first-order valence-electron chi connectivity index (χ1n) is 5.74. The van der Waals surface area contributed by atoms with Crippen LogP contribution in [0.3, 0.4) is 0 Å². The molecule has 18 heavy (non-hydrogen) atoms. The third-order valence-electron chi connectivity index (χ3n) is 3.18.